The summed E-state index contributed by atoms with van der Waals surface area (Å²) in [5.41, 5.74) is 7.31. The summed E-state index contributed by atoms with van der Waals surface area (Å²) in [5.74, 6) is 1.32. The molecule has 0 bridgehead atoms. The average molecular weight is 458 g/mol. The standard InChI is InChI=1S/C29H31NO4/c1-29(2,3)24-8-6-18(7-9-24)25-12-19(14-27(33-4)28(25)34-5)21-10-20-11-22(16-31)23(17-32)13-26(20)30-15-21/h6-15,31-32H,16-17H2,1-5H3. The van der Waals surface area contributed by atoms with E-state index in [-0.39, 0.29) is 18.6 Å². The van der Waals surface area contributed by atoms with Gasteiger partial charge in [-0.25, -0.2) is 0 Å². The summed E-state index contributed by atoms with van der Waals surface area (Å²) < 4.78 is 11.4. The molecule has 5 nitrogen and oxygen atoms in total. The zero-order valence-electron chi connectivity index (χ0n) is 20.3. The molecule has 1 heterocycles. The minimum Gasteiger partial charge on any atom is -0.493 e. The highest BCUT2D eigenvalue weighted by molar-refractivity contribution is 5.87. The Morgan fingerprint density at radius 2 is 1.44 bits per heavy atom. The first-order chi connectivity index (χ1) is 16.3. The summed E-state index contributed by atoms with van der Waals surface area (Å²) in [6, 6.07) is 18.3. The Morgan fingerprint density at radius 3 is 2.03 bits per heavy atom. The normalized spacial score (nSPS) is 11.6. The van der Waals surface area contributed by atoms with Crippen molar-refractivity contribution >= 4 is 10.9 Å². The van der Waals surface area contributed by atoms with Gasteiger partial charge in [-0.3, -0.25) is 4.98 Å². The van der Waals surface area contributed by atoms with Crippen molar-refractivity contribution in [3.63, 3.8) is 0 Å². The Labute approximate surface area is 200 Å². The molecule has 0 amide bonds. The molecule has 5 heteroatoms. The molecule has 0 spiro atoms. The van der Waals surface area contributed by atoms with Crippen molar-refractivity contribution in [3.8, 4) is 33.8 Å². The first kappa shape index (κ1) is 23.7. The van der Waals surface area contributed by atoms with E-state index in [9.17, 15) is 10.2 Å². The van der Waals surface area contributed by atoms with E-state index in [1.54, 1.807) is 14.2 Å². The number of pyridine rings is 1. The molecule has 0 aliphatic carbocycles. The maximum atomic E-state index is 9.69. The Balaban J connectivity index is 1.86. The molecular weight excluding hydrogens is 426 g/mol. The number of aromatic nitrogens is 1. The molecule has 0 atom stereocenters. The van der Waals surface area contributed by atoms with Gasteiger partial charge in [0.25, 0.3) is 0 Å². The van der Waals surface area contributed by atoms with Gasteiger partial charge in [0.2, 0.25) is 0 Å². The van der Waals surface area contributed by atoms with E-state index in [4.69, 9.17) is 9.47 Å². The van der Waals surface area contributed by atoms with Crippen LogP contribution >= 0.6 is 0 Å². The predicted octanol–water partition coefficient (Wildman–Crippen LogP) is 5.87. The van der Waals surface area contributed by atoms with Crippen molar-refractivity contribution < 1.29 is 19.7 Å². The van der Waals surface area contributed by atoms with E-state index in [1.807, 2.05) is 30.5 Å². The summed E-state index contributed by atoms with van der Waals surface area (Å²) in [4.78, 5) is 4.62. The molecule has 0 unspecified atom stereocenters. The van der Waals surface area contributed by atoms with Crippen molar-refractivity contribution in [1.82, 2.24) is 4.98 Å². The van der Waals surface area contributed by atoms with Crippen LogP contribution in [0.5, 0.6) is 11.5 Å². The second-order valence-corrected chi connectivity index (χ2v) is 9.44. The third kappa shape index (κ3) is 4.49. The second kappa shape index (κ2) is 9.45. The lowest BCUT2D eigenvalue weighted by molar-refractivity contribution is 0.260. The molecule has 0 radical (unpaired) electrons. The van der Waals surface area contributed by atoms with Crippen LogP contribution in [0.25, 0.3) is 33.2 Å². The molecule has 0 fully saturated rings. The van der Waals surface area contributed by atoms with Crippen molar-refractivity contribution in [2.45, 2.75) is 39.4 Å². The van der Waals surface area contributed by atoms with E-state index in [2.05, 4.69) is 56.1 Å². The first-order valence-electron chi connectivity index (χ1n) is 11.3. The van der Waals surface area contributed by atoms with Gasteiger partial charge in [-0.15, -0.1) is 0 Å². The lowest BCUT2D eigenvalue weighted by atomic mass is 9.86. The number of aliphatic hydroxyl groups is 2. The van der Waals surface area contributed by atoms with Gasteiger partial charge in [-0.1, -0.05) is 45.0 Å². The predicted molar refractivity (Wildman–Crippen MR) is 136 cm³/mol. The lowest BCUT2D eigenvalue weighted by Gasteiger charge is -2.20. The second-order valence-electron chi connectivity index (χ2n) is 9.44. The Kier molecular flexibility index (Phi) is 6.60. The van der Waals surface area contributed by atoms with Crippen LogP contribution in [0.1, 0.15) is 37.5 Å². The molecule has 0 saturated heterocycles. The first-order valence-corrected chi connectivity index (χ1v) is 11.3. The molecule has 3 aromatic carbocycles. The van der Waals surface area contributed by atoms with Crippen molar-refractivity contribution in [2.24, 2.45) is 0 Å². The fourth-order valence-electron chi connectivity index (χ4n) is 4.21. The summed E-state index contributed by atoms with van der Waals surface area (Å²) in [6.07, 6.45) is 1.82. The minimum atomic E-state index is -0.138. The van der Waals surface area contributed by atoms with E-state index < -0.39 is 0 Å². The number of hydrogen-bond donors (Lipinski definition) is 2. The topological polar surface area (TPSA) is 71.8 Å². The highest BCUT2D eigenvalue weighted by Crippen LogP contribution is 2.42. The number of fused-ring (bicyclic) bond motifs is 1. The Hall–Kier alpha value is -3.41. The number of ether oxygens (including phenoxy) is 2. The molecule has 2 N–H and O–H groups in total. The third-order valence-electron chi connectivity index (χ3n) is 6.22. The van der Waals surface area contributed by atoms with Gasteiger partial charge in [0, 0.05) is 22.7 Å². The quantitative estimate of drug-likeness (QED) is 0.379. The molecule has 34 heavy (non-hydrogen) atoms. The highest BCUT2D eigenvalue weighted by atomic mass is 16.5. The van der Waals surface area contributed by atoms with E-state index in [0.29, 0.717) is 22.6 Å². The maximum Gasteiger partial charge on any atom is 0.168 e. The van der Waals surface area contributed by atoms with Crippen molar-refractivity contribution in [3.05, 3.63) is 77.5 Å². The number of aliphatic hydroxyl groups excluding tert-OH is 2. The van der Waals surface area contributed by atoms with E-state index >= 15 is 0 Å². The van der Waals surface area contributed by atoms with Crippen LogP contribution in [-0.2, 0) is 18.6 Å². The number of benzene rings is 3. The third-order valence-corrected chi connectivity index (χ3v) is 6.22. The molecule has 4 rings (SSSR count). The smallest absolute Gasteiger partial charge is 0.168 e. The lowest BCUT2D eigenvalue weighted by Crippen LogP contribution is -2.10. The van der Waals surface area contributed by atoms with Crippen LogP contribution in [0.3, 0.4) is 0 Å². The maximum absolute atomic E-state index is 9.69. The fourth-order valence-corrected chi connectivity index (χ4v) is 4.21. The van der Waals surface area contributed by atoms with Crippen LogP contribution in [0.15, 0.2) is 60.8 Å². The Bertz CT molecular complexity index is 1320. The monoisotopic (exact) mass is 457 g/mol. The molecule has 4 aromatic rings. The van der Waals surface area contributed by atoms with Crippen molar-refractivity contribution in [2.75, 3.05) is 14.2 Å². The fraction of sp³-hybridized carbons (Fsp3) is 0.276. The zero-order chi connectivity index (χ0) is 24.5. The molecule has 176 valence electrons. The summed E-state index contributed by atoms with van der Waals surface area (Å²) in [5, 5.41) is 20.2. The molecule has 0 aliphatic heterocycles. The van der Waals surface area contributed by atoms with Crippen LogP contribution in [-0.4, -0.2) is 29.4 Å². The average Bonchev–Trinajstić information content (AvgIpc) is 2.86. The molecule has 0 saturated carbocycles. The van der Waals surface area contributed by atoms with Crippen molar-refractivity contribution in [1.29, 1.82) is 0 Å². The summed E-state index contributed by atoms with van der Waals surface area (Å²) in [7, 11) is 3.29. The highest BCUT2D eigenvalue weighted by Gasteiger charge is 2.18. The van der Waals surface area contributed by atoms with Crippen LogP contribution < -0.4 is 9.47 Å². The van der Waals surface area contributed by atoms with E-state index in [1.165, 1.54) is 5.56 Å². The molecular formula is C29H31NO4. The molecule has 1 aromatic heterocycles. The Morgan fingerprint density at radius 1 is 0.765 bits per heavy atom. The SMILES string of the molecule is COc1cc(-c2cnc3cc(CO)c(CO)cc3c2)cc(-c2ccc(C(C)(C)C)cc2)c1OC. The minimum absolute atomic E-state index is 0.0717. The largest absolute Gasteiger partial charge is 0.493 e. The van der Waals surface area contributed by atoms with Crippen LogP contribution in [0.2, 0.25) is 0 Å². The number of nitrogens with zero attached hydrogens (tertiary/aromatic N) is 1. The van der Waals surface area contributed by atoms with Gasteiger partial charge in [0.15, 0.2) is 11.5 Å². The number of rotatable bonds is 6. The van der Waals surface area contributed by atoms with E-state index in [0.717, 1.165) is 33.2 Å². The van der Waals surface area contributed by atoms with Crippen LogP contribution in [0.4, 0.5) is 0 Å². The van der Waals surface area contributed by atoms with Crippen LogP contribution in [0, 0.1) is 0 Å². The number of methoxy groups -OCH3 is 2. The van der Waals surface area contributed by atoms with Gasteiger partial charge in [-0.05, 0) is 63.6 Å². The summed E-state index contributed by atoms with van der Waals surface area (Å²) in [6.45, 7) is 6.32. The van der Waals surface area contributed by atoms with Gasteiger partial charge in [0.1, 0.15) is 0 Å². The van der Waals surface area contributed by atoms with Gasteiger partial charge in [0.05, 0.1) is 33.0 Å². The van der Waals surface area contributed by atoms with Gasteiger partial charge in [-0.2, -0.15) is 0 Å². The van der Waals surface area contributed by atoms with Gasteiger partial charge < -0.3 is 19.7 Å². The number of hydrogen-bond acceptors (Lipinski definition) is 5. The van der Waals surface area contributed by atoms with Gasteiger partial charge >= 0.3 is 0 Å². The molecule has 0 aliphatic rings. The summed E-state index contributed by atoms with van der Waals surface area (Å²) >= 11 is 0. The zero-order valence-corrected chi connectivity index (χ0v) is 20.3.